The molecule has 0 aliphatic rings. The molecule has 0 saturated carbocycles. The Morgan fingerprint density at radius 3 is 2.44 bits per heavy atom. The highest BCUT2D eigenvalue weighted by molar-refractivity contribution is 5.62. The van der Waals surface area contributed by atoms with Gasteiger partial charge in [0.1, 0.15) is 5.82 Å². The van der Waals surface area contributed by atoms with Crippen molar-refractivity contribution < 1.29 is 4.39 Å². The van der Waals surface area contributed by atoms with Crippen LogP contribution in [-0.2, 0) is 0 Å². The topological polar surface area (TPSA) is 0 Å². The van der Waals surface area contributed by atoms with Crippen molar-refractivity contribution in [2.75, 3.05) is 0 Å². The van der Waals surface area contributed by atoms with Crippen molar-refractivity contribution in [2.45, 2.75) is 47.0 Å². The first-order valence-electron chi connectivity index (χ1n) is 6.53. The van der Waals surface area contributed by atoms with E-state index in [9.17, 15) is 4.39 Å². The highest BCUT2D eigenvalue weighted by atomic mass is 19.1. The smallest absolute Gasteiger partial charge is 0.127 e. The average molecular weight is 246 g/mol. The van der Waals surface area contributed by atoms with E-state index in [4.69, 9.17) is 0 Å². The largest absolute Gasteiger partial charge is 0.207 e. The Morgan fingerprint density at radius 2 is 1.94 bits per heavy atom. The van der Waals surface area contributed by atoms with E-state index in [0.29, 0.717) is 5.92 Å². The highest BCUT2D eigenvalue weighted by Gasteiger charge is 2.12. The molecule has 0 aromatic heterocycles. The Kier molecular flexibility index (Phi) is 4.89. The third-order valence-electron chi connectivity index (χ3n) is 3.44. The molecule has 1 aromatic carbocycles. The van der Waals surface area contributed by atoms with Gasteiger partial charge in [0.25, 0.3) is 0 Å². The zero-order chi connectivity index (χ0) is 13.9. The number of hydrogen-bond donors (Lipinski definition) is 0. The lowest BCUT2D eigenvalue weighted by Gasteiger charge is -2.15. The standard InChI is InChI=1S/C17H23F/c1-7-12(4)8-9-15-13(5)16(11(2)3)10-17(18)14(15)6/h8-11H,4,7H2,1-3,5-6H3/b9-8-. The molecular weight excluding hydrogens is 223 g/mol. The maximum Gasteiger partial charge on any atom is 0.127 e. The Morgan fingerprint density at radius 1 is 1.33 bits per heavy atom. The Balaban J connectivity index is 3.33. The molecule has 0 saturated heterocycles. The fourth-order valence-electron chi connectivity index (χ4n) is 2.09. The summed E-state index contributed by atoms with van der Waals surface area (Å²) < 4.78 is 13.9. The van der Waals surface area contributed by atoms with Gasteiger partial charge in [0.05, 0.1) is 0 Å². The second-order valence-electron chi connectivity index (χ2n) is 5.11. The van der Waals surface area contributed by atoms with Crippen molar-refractivity contribution in [3.63, 3.8) is 0 Å². The van der Waals surface area contributed by atoms with Crippen LogP contribution in [0.15, 0.2) is 24.3 Å². The third kappa shape index (κ3) is 3.10. The van der Waals surface area contributed by atoms with Gasteiger partial charge in [0, 0.05) is 0 Å². The summed E-state index contributed by atoms with van der Waals surface area (Å²) in [5.74, 6) is 0.215. The van der Waals surface area contributed by atoms with E-state index in [1.165, 1.54) is 5.56 Å². The van der Waals surface area contributed by atoms with Gasteiger partial charge in [-0.2, -0.15) is 0 Å². The van der Waals surface area contributed by atoms with Gasteiger partial charge in [-0.1, -0.05) is 45.1 Å². The summed E-state index contributed by atoms with van der Waals surface area (Å²) in [5.41, 5.74) is 5.03. The lowest BCUT2D eigenvalue weighted by Crippen LogP contribution is -2.00. The van der Waals surface area contributed by atoms with E-state index in [1.54, 1.807) is 6.07 Å². The molecule has 1 rings (SSSR count). The minimum Gasteiger partial charge on any atom is -0.207 e. The molecule has 0 heterocycles. The predicted octanol–water partition coefficient (Wildman–Crippen LogP) is 5.55. The molecule has 0 fully saturated rings. The van der Waals surface area contributed by atoms with Crippen molar-refractivity contribution in [1.29, 1.82) is 0 Å². The minimum absolute atomic E-state index is 0.119. The van der Waals surface area contributed by atoms with Crippen molar-refractivity contribution in [3.8, 4) is 0 Å². The summed E-state index contributed by atoms with van der Waals surface area (Å²) in [6.07, 6.45) is 4.89. The van der Waals surface area contributed by atoms with Gasteiger partial charge in [0.2, 0.25) is 0 Å². The van der Waals surface area contributed by atoms with Crippen LogP contribution in [0, 0.1) is 19.7 Å². The first-order chi connectivity index (χ1) is 8.38. The number of halogens is 1. The lowest BCUT2D eigenvalue weighted by atomic mass is 9.90. The van der Waals surface area contributed by atoms with Crippen molar-refractivity contribution in [3.05, 3.63) is 52.4 Å². The summed E-state index contributed by atoms with van der Waals surface area (Å²) in [7, 11) is 0. The number of hydrogen-bond acceptors (Lipinski definition) is 0. The molecule has 0 atom stereocenters. The number of rotatable bonds is 4. The quantitative estimate of drug-likeness (QED) is 0.611. The molecule has 1 aromatic rings. The van der Waals surface area contributed by atoms with Crippen molar-refractivity contribution >= 4 is 6.08 Å². The van der Waals surface area contributed by atoms with Crippen LogP contribution in [0.5, 0.6) is 0 Å². The van der Waals surface area contributed by atoms with Crippen LogP contribution in [0.3, 0.4) is 0 Å². The molecule has 1 heteroatoms. The van der Waals surface area contributed by atoms with Gasteiger partial charge < -0.3 is 0 Å². The van der Waals surface area contributed by atoms with Crippen LogP contribution in [0.1, 0.15) is 55.4 Å². The Bertz CT molecular complexity index is 479. The average Bonchev–Trinajstić information content (AvgIpc) is 2.32. The van der Waals surface area contributed by atoms with Gasteiger partial charge >= 0.3 is 0 Å². The molecule has 0 nitrogen and oxygen atoms in total. The lowest BCUT2D eigenvalue weighted by molar-refractivity contribution is 0.612. The van der Waals surface area contributed by atoms with Crippen LogP contribution >= 0.6 is 0 Å². The first kappa shape index (κ1) is 14.7. The maximum atomic E-state index is 13.9. The van der Waals surface area contributed by atoms with Crippen molar-refractivity contribution in [1.82, 2.24) is 0 Å². The molecule has 0 radical (unpaired) electrons. The van der Waals surface area contributed by atoms with Gasteiger partial charge in [-0.05, 0) is 54.5 Å². The maximum absolute atomic E-state index is 13.9. The van der Waals surface area contributed by atoms with Crippen LogP contribution in [0.25, 0.3) is 6.08 Å². The molecular formula is C17H23F. The fraction of sp³-hybridized carbons (Fsp3) is 0.412. The molecule has 0 aliphatic heterocycles. The number of allylic oxidation sites excluding steroid dienone is 2. The second kappa shape index (κ2) is 5.99. The van der Waals surface area contributed by atoms with Crippen LogP contribution in [-0.4, -0.2) is 0 Å². The monoisotopic (exact) mass is 246 g/mol. The Hall–Kier alpha value is -1.37. The molecule has 0 amide bonds. The highest BCUT2D eigenvalue weighted by Crippen LogP contribution is 2.28. The fourth-order valence-corrected chi connectivity index (χ4v) is 2.09. The predicted molar refractivity (Wildman–Crippen MR) is 78.4 cm³/mol. The third-order valence-corrected chi connectivity index (χ3v) is 3.44. The van der Waals surface area contributed by atoms with Crippen molar-refractivity contribution in [2.24, 2.45) is 0 Å². The first-order valence-corrected chi connectivity index (χ1v) is 6.53. The summed E-state index contributed by atoms with van der Waals surface area (Å²) in [4.78, 5) is 0. The molecule has 0 bridgehead atoms. The second-order valence-corrected chi connectivity index (χ2v) is 5.11. The summed E-state index contributed by atoms with van der Waals surface area (Å²) in [5, 5.41) is 0. The van der Waals surface area contributed by atoms with Crippen LogP contribution in [0.2, 0.25) is 0 Å². The SMILES string of the molecule is C=C(/C=C\c1c(C)c(F)cc(C(C)C)c1C)CC. The van der Waals surface area contributed by atoms with Gasteiger partial charge in [-0.25, -0.2) is 4.39 Å². The molecule has 0 aliphatic carbocycles. The molecule has 0 unspecified atom stereocenters. The minimum atomic E-state index is -0.119. The Labute approximate surface area is 110 Å². The summed E-state index contributed by atoms with van der Waals surface area (Å²) in [6.45, 7) is 14.1. The number of benzene rings is 1. The zero-order valence-electron chi connectivity index (χ0n) is 12.1. The van der Waals surface area contributed by atoms with E-state index < -0.39 is 0 Å². The van der Waals surface area contributed by atoms with E-state index in [1.807, 2.05) is 19.1 Å². The van der Waals surface area contributed by atoms with E-state index >= 15 is 0 Å². The molecule has 0 spiro atoms. The normalized spacial score (nSPS) is 11.5. The molecule has 18 heavy (non-hydrogen) atoms. The van der Waals surface area contributed by atoms with E-state index in [2.05, 4.69) is 34.3 Å². The van der Waals surface area contributed by atoms with Gasteiger partial charge in [-0.15, -0.1) is 0 Å². The van der Waals surface area contributed by atoms with E-state index in [-0.39, 0.29) is 5.82 Å². The summed E-state index contributed by atoms with van der Waals surface area (Å²) in [6, 6.07) is 1.67. The molecule has 98 valence electrons. The van der Waals surface area contributed by atoms with Crippen LogP contribution < -0.4 is 0 Å². The summed E-state index contributed by atoms with van der Waals surface area (Å²) >= 11 is 0. The van der Waals surface area contributed by atoms with Gasteiger partial charge in [-0.3, -0.25) is 0 Å². The van der Waals surface area contributed by atoms with Crippen LogP contribution in [0.4, 0.5) is 4.39 Å². The zero-order valence-corrected chi connectivity index (χ0v) is 12.1. The van der Waals surface area contributed by atoms with E-state index in [0.717, 1.165) is 28.7 Å². The van der Waals surface area contributed by atoms with Gasteiger partial charge in [0.15, 0.2) is 0 Å². The molecule has 0 N–H and O–H groups in total.